The van der Waals surface area contributed by atoms with Crippen LogP contribution in [-0.2, 0) is 11.2 Å². The summed E-state index contributed by atoms with van der Waals surface area (Å²) in [6.45, 7) is 1.53. The van der Waals surface area contributed by atoms with Crippen LogP contribution in [0.5, 0.6) is 5.75 Å². The monoisotopic (exact) mass is 389 g/mol. The molecule has 2 rings (SSSR count). The fourth-order valence-corrected chi connectivity index (χ4v) is 3.05. The Morgan fingerprint density at radius 2 is 2.05 bits per heavy atom. The number of ether oxygens (including phenoxy) is 2. The van der Waals surface area contributed by atoms with Crippen molar-refractivity contribution in [3.05, 3.63) is 23.8 Å². The number of fused-ring (bicyclic) bond motifs is 1. The summed E-state index contributed by atoms with van der Waals surface area (Å²) in [5, 5.41) is 4.52. The first kappa shape index (κ1) is 17.9. The van der Waals surface area contributed by atoms with Gasteiger partial charge in [0.15, 0.2) is 0 Å². The maximum absolute atomic E-state index is 5.91. The fraction of sp³-hybridized carbons (Fsp3) is 0.647. The van der Waals surface area contributed by atoms with E-state index in [2.05, 4.69) is 39.4 Å². The molecule has 0 aromatic heterocycles. The van der Waals surface area contributed by atoms with Crippen molar-refractivity contribution in [1.29, 1.82) is 0 Å². The molecule has 1 aromatic rings. The quantitative estimate of drug-likeness (QED) is 0.452. The van der Waals surface area contributed by atoms with Crippen molar-refractivity contribution in [2.75, 3.05) is 29.7 Å². The zero-order valence-corrected chi connectivity index (χ0v) is 15.3. The average Bonchev–Trinajstić information content (AvgIpc) is 2.55. The van der Waals surface area contributed by atoms with E-state index in [9.17, 15) is 0 Å². The Hall–Kier alpha value is -0.450. The summed E-state index contributed by atoms with van der Waals surface area (Å²) in [6, 6.07) is 6.29. The molecule has 1 unspecified atom stereocenters. The smallest absolute Gasteiger partial charge is 0.128 e. The predicted molar refractivity (Wildman–Crippen MR) is 96.6 cm³/mol. The number of rotatable bonds is 10. The van der Waals surface area contributed by atoms with Gasteiger partial charge in [0.1, 0.15) is 12.0 Å². The highest BCUT2D eigenvalue weighted by Crippen LogP contribution is 2.29. The summed E-state index contributed by atoms with van der Waals surface area (Å²) in [4.78, 5) is 0. The maximum Gasteiger partial charge on any atom is 0.128 e. The van der Waals surface area contributed by atoms with Crippen molar-refractivity contribution in [3.63, 3.8) is 0 Å². The molecule has 0 aliphatic carbocycles. The highest BCUT2D eigenvalue weighted by Gasteiger charge is 2.18. The van der Waals surface area contributed by atoms with Crippen molar-refractivity contribution in [1.82, 2.24) is 0 Å². The molecule has 5 heteroatoms. The van der Waals surface area contributed by atoms with Crippen LogP contribution in [0, 0.1) is 0 Å². The third-order valence-electron chi connectivity index (χ3n) is 3.72. The molecule has 1 heterocycles. The zero-order chi connectivity index (χ0) is 15.6. The lowest BCUT2D eigenvalue weighted by atomic mass is 10.0. The number of unbranched alkanes of at least 4 members (excludes halogenated alkanes) is 2. The molecule has 0 fully saturated rings. The van der Waals surface area contributed by atoms with Crippen LogP contribution < -0.4 is 10.1 Å². The molecule has 0 saturated heterocycles. The van der Waals surface area contributed by atoms with Gasteiger partial charge in [-0.15, -0.1) is 11.6 Å². The lowest BCUT2D eigenvalue weighted by Crippen LogP contribution is -2.28. The Bertz CT molecular complexity index is 445. The third kappa shape index (κ3) is 5.98. The van der Waals surface area contributed by atoms with Crippen LogP contribution in [0.4, 0.5) is 5.69 Å². The normalized spacial score (nSPS) is 16.9. The van der Waals surface area contributed by atoms with Crippen molar-refractivity contribution in [2.45, 2.75) is 44.8 Å². The van der Waals surface area contributed by atoms with Gasteiger partial charge in [-0.1, -0.05) is 22.0 Å². The van der Waals surface area contributed by atoms with Gasteiger partial charge in [0.25, 0.3) is 0 Å². The van der Waals surface area contributed by atoms with Gasteiger partial charge in [-0.25, -0.2) is 0 Å². The van der Waals surface area contributed by atoms with E-state index >= 15 is 0 Å². The van der Waals surface area contributed by atoms with Crippen LogP contribution >= 0.6 is 27.5 Å². The van der Waals surface area contributed by atoms with E-state index in [-0.39, 0.29) is 6.23 Å². The van der Waals surface area contributed by atoms with Gasteiger partial charge in [0.2, 0.25) is 0 Å². The first-order valence-corrected chi connectivity index (χ1v) is 9.75. The number of nitrogens with one attached hydrogen (secondary N) is 1. The number of halogens is 2. The van der Waals surface area contributed by atoms with Gasteiger partial charge in [0, 0.05) is 29.6 Å². The van der Waals surface area contributed by atoms with Crippen molar-refractivity contribution in [3.8, 4) is 5.75 Å². The van der Waals surface area contributed by atoms with Crippen LogP contribution in [0.15, 0.2) is 18.2 Å². The standard InChI is InChI=1S/C17H25BrClNO2/c18-9-1-3-12-22-17-8-6-14-5-7-15(13-16(14)20-17)21-11-4-2-10-19/h5,7,13,17,20H,1-4,6,8-12H2. The number of hydrogen-bond acceptors (Lipinski definition) is 3. The topological polar surface area (TPSA) is 30.5 Å². The van der Waals surface area contributed by atoms with Gasteiger partial charge in [-0.2, -0.15) is 0 Å². The molecule has 1 aromatic carbocycles. The summed E-state index contributed by atoms with van der Waals surface area (Å²) in [5.41, 5.74) is 2.49. The molecule has 124 valence electrons. The van der Waals surface area contributed by atoms with E-state index in [1.165, 1.54) is 5.56 Å². The number of hydrogen-bond donors (Lipinski definition) is 1. The molecule has 22 heavy (non-hydrogen) atoms. The number of anilines is 1. The highest BCUT2D eigenvalue weighted by molar-refractivity contribution is 9.09. The van der Waals surface area contributed by atoms with E-state index in [0.29, 0.717) is 5.88 Å². The molecular weight excluding hydrogens is 366 g/mol. The second-order valence-electron chi connectivity index (χ2n) is 5.50. The van der Waals surface area contributed by atoms with Crippen molar-refractivity contribution < 1.29 is 9.47 Å². The Morgan fingerprint density at radius 3 is 2.86 bits per heavy atom. The van der Waals surface area contributed by atoms with E-state index in [1.807, 2.05) is 0 Å². The Morgan fingerprint density at radius 1 is 1.18 bits per heavy atom. The zero-order valence-electron chi connectivity index (χ0n) is 13.0. The lowest BCUT2D eigenvalue weighted by molar-refractivity contribution is 0.0624. The van der Waals surface area contributed by atoms with E-state index < -0.39 is 0 Å². The van der Waals surface area contributed by atoms with Gasteiger partial charge >= 0.3 is 0 Å². The maximum atomic E-state index is 5.91. The molecule has 1 atom stereocenters. The predicted octanol–water partition coefficient (Wildman–Crippen LogP) is 4.96. The minimum absolute atomic E-state index is 0.120. The number of aryl methyl sites for hydroxylation is 1. The number of benzene rings is 1. The Balaban J connectivity index is 1.81. The summed E-state index contributed by atoms with van der Waals surface area (Å²) in [6.07, 6.45) is 6.44. The number of alkyl halides is 2. The summed E-state index contributed by atoms with van der Waals surface area (Å²) in [7, 11) is 0. The van der Waals surface area contributed by atoms with Crippen LogP contribution in [0.3, 0.4) is 0 Å². The molecule has 1 N–H and O–H groups in total. The Kier molecular flexibility index (Phi) is 8.42. The molecule has 0 bridgehead atoms. The molecule has 0 amide bonds. The minimum atomic E-state index is 0.120. The molecule has 0 spiro atoms. The second-order valence-corrected chi connectivity index (χ2v) is 6.67. The van der Waals surface area contributed by atoms with Gasteiger partial charge in [0.05, 0.1) is 6.61 Å². The van der Waals surface area contributed by atoms with Crippen molar-refractivity contribution >= 4 is 33.2 Å². The summed E-state index contributed by atoms with van der Waals surface area (Å²) < 4.78 is 11.7. The average molecular weight is 391 g/mol. The minimum Gasteiger partial charge on any atom is -0.494 e. The molecule has 1 aliphatic heterocycles. The fourth-order valence-electron chi connectivity index (χ4n) is 2.46. The van der Waals surface area contributed by atoms with Crippen LogP contribution in [0.25, 0.3) is 0 Å². The molecule has 0 radical (unpaired) electrons. The summed E-state index contributed by atoms with van der Waals surface area (Å²) >= 11 is 9.12. The largest absolute Gasteiger partial charge is 0.494 e. The summed E-state index contributed by atoms with van der Waals surface area (Å²) in [5.74, 6) is 1.61. The van der Waals surface area contributed by atoms with Crippen LogP contribution in [0.2, 0.25) is 0 Å². The van der Waals surface area contributed by atoms with Crippen molar-refractivity contribution in [2.24, 2.45) is 0 Å². The van der Waals surface area contributed by atoms with Crippen LogP contribution in [0.1, 0.15) is 37.7 Å². The molecular formula is C17H25BrClNO2. The SMILES string of the molecule is ClCCCCOc1ccc2c(c1)NC(OCCCCBr)CC2. The highest BCUT2D eigenvalue weighted by atomic mass is 79.9. The molecule has 3 nitrogen and oxygen atoms in total. The van der Waals surface area contributed by atoms with Crippen LogP contribution in [-0.4, -0.2) is 30.7 Å². The van der Waals surface area contributed by atoms with E-state index in [0.717, 1.165) is 68.5 Å². The third-order valence-corrected chi connectivity index (χ3v) is 4.55. The van der Waals surface area contributed by atoms with Gasteiger partial charge in [-0.05, 0) is 50.2 Å². The van der Waals surface area contributed by atoms with E-state index in [4.69, 9.17) is 21.1 Å². The van der Waals surface area contributed by atoms with Gasteiger partial charge < -0.3 is 14.8 Å². The lowest BCUT2D eigenvalue weighted by Gasteiger charge is -2.27. The van der Waals surface area contributed by atoms with Gasteiger partial charge in [-0.3, -0.25) is 0 Å². The molecule has 0 saturated carbocycles. The second kappa shape index (κ2) is 10.3. The first-order chi connectivity index (χ1) is 10.8. The van der Waals surface area contributed by atoms with E-state index in [1.54, 1.807) is 0 Å². The Labute approximate surface area is 146 Å². The molecule has 1 aliphatic rings. The first-order valence-electron chi connectivity index (χ1n) is 8.09.